The second kappa shape index (κ2) is 11.6. The summed E-state index contributed by atoms with van der Waals surface area (Å²) in [5, 5.41) is 0. The van der Waals surface area contributed by atoms with Crippen molar-refractivity contribution in [3.8, 4) is 11.1 Å². The number of hydrogen-bond acceptors (Lipinski definition) is 2. The fourth-order valence-corrected chi connectivity index (χ4v) is 5.38. The van der Waals surface area contributed by atoms with Crippen LogP contribution in [0.25, 0.3) is 11.1 Å². The molecule has 0 saturated heterocycles. The number of hydrogen-bond donors (Lipinski definition) is 0. The number of benzene rings is 6. The Hall–Kier alpha value is -5.08. The molecule has 0 aliphatic carbocycles. The molecule has 0 atom stereocenters. The van der Waals surface area contributed by atoms with E-state index in [9.17, 15) is 0 Å². The molecule has 2 heteroatoms. The summed E-state index contributed by atoms with van der Waals surface area (Å²) in [6.45, 7) is 6.42. The van der Waals surface area contributed by atoms with Gasteiger partial charge in [-0.1, -0.05) is 78.9 Å². The molecule has 41 heavy (non-hydrogen) atoms. The van der Waals surface area contributed by atoms with Gasteiger partial charge < -0.3 is 9.80 Å². The summed E-state index contributed by atoms with van der Waals surface area (Å²) in [4.78, 5) is 4.63. The van der Waals surface area contributed by atoms with E-state index in [1.165, 1.54) is 27.8 Å². The maximum atomic E-state index is 2.33. The summed E-state index contributed by atoms with van der Waals surface area (Å²) in [7, 11) is 0. The van der Waals surface area contributed by atoms with Gasteiger partial charge in [0.25, 0.3) is 0 Å². The van der Waals surface area contributed by atoms with Crippen LogP contribution in [0.5, 0.6) is 0 Å². The van der Waals surface area contributed by atoms with E-state index in [1.807, 2.05) is 0 Å². The number of anilines is 6. The Kier molecular flexibility index (Phi) is 7.38. The minimum absolute atomic E-state index is 1.13. The first-order chi connectivity index (χ1) is 20.0. The van der Waals surface area contributed by atoms with Gasteiger partial charge in [0, 0.05) is 34.1 Å². The van der Waals surface area contributed by atoms with E-state index < -0.39 is 0 Å². The van der Waals surface area contributed by atoms with E-state index in [0.717, 1.165) is 34.1 Å². The average molecular weight is 531 g/mol. The molecule has 0 heterocycles. The minimum Gasteiger partial charge on any atom is -0.310 e. The highest BCUT2D eigenvalue weighted by molar-refractivity contribution is 5.81. The Morgan fingerprint density at radius 1 is 0.293 bits per heavy atom. The van der Waals surface area contributed by atoms with Crippen molar-refractivity contribution in [2.45, 2.75) is 20.8 Å². The van der Waals surface area contributed by atoms with Crippen molar-refractivity contribution in [1.82, 2.24) is 0 Å². The zero-order chi connectivity index (χ0) is 28.2. The maximum Gasteiger partial charge on any atom is 0.0464 e. The fourth-order valence-electron chi connectivity index (χ4n) is 5.38. The number of nitrogens with zero attached hydrogens (tertiary/aromatic N) is 2. The van der Waals surface area contributed by atoms with Crippen LogP contribution in [0, 0.1) is 20.8 Å². The quantitative estimate of drug-likeness (QED) is 0.202. The van der Waals surface area contributed by atoms with Gasteiger partial charge in [-0.3, -0.25) is 0 Å². The summed E-state index contributed by atoms with van der Waals surface area (Å²) >= 11 is 0. The van der Waals surface area contributed by atoms with Gasteiger partial charge in [0.15, 0.2) is 0 Å². The van der Waals surface area contributed by atoms with Crippen LogP contribution in [-0.4, -0.2) is 0 Å². The average Bonchev–Trinajstić information content (AvgIpc) is 2.99. The Morgan fingerprint density at radius 3 is 0.976 bits per heavy atom. The Balaban J connectivity index is 1.33. The van der Waals surface area contributed by atoms with Gasteiger partial charge in [0.05, 0.1) is 0 Å². The highest BCUT2D eigenvalue weighted by Crippen LogP contribution is 2.38. The lowest BCUT2D eigenvalue weighted by Crippen LogP contribution is -2.10. The Labute approximate surface area is 243 Å². The van der Waals surface area contributed by atoms with Gasteiger partial charge in [-0.25, -0.2) is 0 Å². The van der Waals surface area contributed by atoms with Crippen molar-refractivity contribution in [3.63, 3.8) is 0 Å². The maximum absolute atomic E-state index is 2.33. The van der Waals surface area contributed by atoms with Gasteiger partial charge in [0.2, 0.25) is 0 Å². The first-order valence-electron chi connectivity index (χ1n) is 14.1. The fraction of sp³-hybridized carbons (Fsp3) is 0.0769. The van der Waals surface area contributed by atoms with E-state index in [4.69, 9.17) is 0 Å². The molecule has 0 fully saturated rings. The van der Waals surface area contributed by atoms with Gasteiger partial charge in [-0.2, -0.15) is 0 Å². The van der Waals surface area contributed by atoms with Gasteiger partial charge >= 0.3 is 0 Å². The Bertz CT molecular complexity index is 1710. The first kappa shape index (κ1) is 26.2. The highest BCUT2D eigenvalue weighted by Gasteiger charge is 2.15. The van der Waals surface area contributed by atoms with Crippen LogP contribution in [0.1, 0.15) is 16.7 Å². The Morgan fingerprint density at radius 2 is 0.610 bits per heavy atom. The molecule has 6 aromatic carbocycles. The van der Waals surface area contributed by atoms with Crippen molar-refractivity contribution >= 4 is 34.1 Å². The molecule has 0 aliphatic rings. The van der Waals surface area contributed by atoms with Crippen LogP contribution in [0.2, 0.25) is 0 Å². The molecule has 0 aromatic heterocycles. The van der Waals surface area contributed by atoms with E-state index >= 15 is 0 Å². The zero-order valence-corrected chi connectivity index (χ0v) is 23.8. The van der Waals surface area contributed by atoms with Crippen LogP contribution in [0.15, 0.2) is 152 Å². The van der Waals surface area contributed by atoms with Crippen LogP contribution in [-0.2, 0) is 0 Å². The largest absolute Gasteiger partial charge is 0.310 e. The van der Waals surface area contributed by atoms with Crippen molar-refractivity contribution in [2.75, 3.05) is 9.80 Å². The number of para-hydroxylation sites is 1. The third kappa shape index (κ3) is 5.78. The standard InChI is InChI=1S/C39H34N2/c1-29-10-7-15-37(26-29)40(34-13-5-4-6-14-34)35-22-18-32(19-23-35)33-20-24-36(25-21-33)41(38-16-8-11-30(2)27-38)39-17-9-12-31(3)28-39/h4-28H,1-3H3. The summed E-state index contributed by atoms with van der Waals surface area (Å²) < 4.78 is 0. The van der Waals surface area contributed by atoms with Crippen LogP contribution in [0.4, 0.5) is 34.1 Å². The highest BCUT2D eigenvalue weighted by atomic mass is 15.1. The molecule has 2 nitrogen and oxygen atoms in total. The molecule has 200 valence electrons. The zero-order valence-electron chi connectivity index (χ0n) is 23.8. The third-order valence-corrected chi connectivity index (χ3v) is 7.38. The van der Waals surface area contributed by atoms with Crippen molar-refractivity contribution in [2.24, 2.45) is 0 Å². The second-order valence-electron chi connectivity index (χ2n) is 10.6. The molecular weight excluding hydrogens is 496 g/mol. The lowest BCUT2D eigenvalue weighted by molar-refractivity contribution is 1.26. The predicted molar refractivity (Wildman–Crippen MR) is 175 cm³/mol. The van der Waals surface area contributed by atoms with Crippen LogP contribution < -0.4 is 9.80 Å². The monoisotopic (exact) mass is 530 g/mol. The second-order valence-corrected chi connectivity index (χ2v) is 10.6. The molecule has 0 saturated carbocycles. The van der Waals surface area contributed by atoms with Gasteiger partial charge in [-0.15, -0.1) is 0 Å². The molecule has 0 amide bonds. The summed E-state index contributed by atoms with van der Waals surface area (Å²) in [6, 6.07) is 54.3. The normalized spacial score (nSPS) is 10.8. The summed E-state index contributed by atoms with van der Waals surface area (Å²) in [5.41, 5.74) is 13.0. The SMILES string of the molecule is Cc1cccc(N(c2ccccc2)c2ccc(-c3ccc(N(c4cccc(C)c4)c4cccc(C)c4)cc3)cc2)c1. The third-order valence-electron chi connectivity index (χ3n) is 7.38. The number of aryl methyl sites for hydroxylation is 3. The van der Waals surface area contributed by atoms with Gasteiger partial charge in [0.1, 0.15) is 0 Å². The molecule has 0 radical (unpaired) electrons. The molecule has 0 N–H and O–H groups in total. The van der Waals surface area contributed by atoms with E-state index in [-0.39, 0.29) is 0 Å². The van der Waals surface area contributed by atoms with Crippen LogP contribution >= 0.6 is 0 Å². The predicted octanol–water partition coefficient (Wildman–Crippen LogP) is 11.2. The molecular formula is C39H34N2. The molecule has 6 aromatic rings. The van der Waals surface area contributed by atoms with Crippen molar-refractivity contribution < 1.29 is 0 Å². The topological polar surface area (TPSA) is 6.48 Å². The van der Waals surface area contributed by atoms with Crippen LogP contribution in [0.3, 0.4) is 0 Å². The summed E-state index contributed by atoms with van der Waals surface area (Å²) in [5.74, 6) is 0. The molecule has 0 unspecified atom stereocenters. The molecule has 6 rings (SSSR count). The molecule has 0 bridgehead atoms. The van der Waals surface area contributed by atoms with E-state index in [0.29, 0.717) is 0 Å². The van der Waals surface area contributed by atoms with Gasteiger partial charge in [-0.05, 0) is 121 Å². The number of rotatable bonds is 7. The van der Waals surface area contributed by atoms with Crippen molar-refractivity contribution in [3.05, 3.63) is 168 Å². The smallest absolute Gasteiger partial charge is 0.0464 e. The van der Waals surface area contributed by atoms with Crippen molar-refractivity contribution in [1.29, 1.82) is 0 Å². The lowest BCUT2D eigenvalue weighted by atomic mass is 10.0. The molecule has 0 aliphatic heterocycles. The van der Waals surface area contributed by atoms with E-state index in [1.54, 1.807) is 0 Å². The molecule has 0 spiro atoms. The minimum atomic E-state index is 1.13. The van der Waals surface area contributed by atoms with E-state index in [2.05, 4.69) is 182 Å². The summed E-state index contributed by atoms with van der Waals surface area (Å²) in [6.07, 6.45) is 0. The first-order valence-corrected chi connectivity index (χ1v) is 14.1. The lowest BCUT2D eigenvalue weighted by Gasteiger charge is -2.26.